The van der Waals surface area contributed by atoms with Crippen LogP contribution in [0.1, 0.15) is 12.1 Å². The molecule has 0 aliphatic carbocycles. The highest BCUT2D eigenvalue weighted by molar-refractivity contribution is 7.07. The zero-order chi connectivity index (χ0) is 12.9. The van der Waals surface area contributed by atoms with E-state index in [1.165, 1.54) is 5.52 Å². The monoisotopic (exact) mass is 272 g/mol. The van der Waals surface area contributed by atoms with Crippen molar-refractivity contribution < 1.29 is 0 Å². The fraction of sp³-hybridized carbons (Fsp3) is 0.286. The predicted octanol–water partition coefficient (Wildman–Crippen LogP) is 2.67. The highest BCUT2D eigenvalue weighted by Crippen LogP contribution is 2.11. The van der Waals surface area contributed by atoms with Gasteiger partial charge in [0.05, 0.1) is 28.6 Å². The van der Waals surface area contributed by atoms with E-state index in [-0.39, 0.29) is 0 Å². The third-order valence-corrected chi connectivity index (χ3v) is 3.70. The second-order valence-electron chi connectivity index (χ2n) is 4.44. The quantitative estimate of drug-likeness (QED) is 0.702. The number of hydrogen-bond acceptors (Lipinski definition) is 4. The number of thiazole rings is 1. The normalized spacial score (nSPS) is 11.2. The van der Waals surface area contributed by atoms with Crippen molar-refractivity contribution in [3.63, 3.8) is 0 Å². The van der Waals surface area contributed by atoms with Crippen molar-refractivity contribution >= 4 is 22.4 Å². The van der Waals surface area contributed by atoms with Crippen molar-refractivity contribution in [1.29, 1.82) is 0 Å². The number of para-hydroxylation sites is 2. The van der Waals surface area contributed by atoms with E-state index < -0.39 is 0 Å². The molecule has 0 fully saturated rings. The molecule has 4 nitrogen and oxygen atoms in total. The van der Waals surface area contributed by atoms with Gasteiger partial charge in [-0.1, -0.05) is 12.1 Å². The Morgan fingerprint density at radius 1 is 1.21 bits per heavy atom. The van der Waals surface area contributed by atoms with Crippen molar-refractivity contribution in [2.45, 2.75) is 19.5 Å². The summed E-state index contributed by atoms with van der Waals surface area (Å²) in [5, 5.41) is 5.49. The van der Waals surface area contributed by atoms with Crippen LogP contribution < -0.4 is 5.32 Å². The van der Waals surface area contributed by atoms with E-state index in [4.69, 9.17) is 0 Å². The van der Waals surface area contributed by atoms with Crippen LogP contribution in [0.25, 0.3) is 11.0 Å². The molecule has 1 N–H and O–H groups in total. The molecular formula is C14H16N4S. The molecule has 19 heavy (non-hydrogen) atoms. The van der Waals surface area contributed by atoms with Crippen LogP contribution in [0, 0.1) is 0 Å². The number of fused-ring (bicyclic) bond motifs is 1. The average molecular weight is 272 g/mol. The summed E-state index contributed by atoms with van der Waals surface area (Å²) < 4.78 is 2.21. The first-order chi connectivity index (χ1) is 9.43. The molecule has 3 rings (SSSR count). The fourth-order valence-corrected chi connectivity index (χ4v) is 2.66. The summed E-state index contributed by atoms with van der Waals surface area (Å²) in [5.41, 5.74) is 5.27. The van der Waals surface area contributed by atoms with Crippen LogP contribution in [-0.4, -0.2) is 21.1 Å². The molecule has 0 saturated carbocycles. The van der Waals surface area contributed by atoms with E-state index in [1.807, 2.05) is 24.0 Å². The number of imidazole rings is 1. The van der Waals surface area contributed by atoms with Crippen LogP contribution in [0.15, 0.2) is 41.5 Å². The summed E-state index contributed by atoms with van der Waals surface area (Å²) in [4.78, 5) is 8.64. The summed E-state index contributed by atoms with van der Waals surface area (Å²) in [7, 11) is 0. The molecule has 2 aromatic heterocycles. The standard InChI is InChI=1S/C14H16N4S/c1-2-5-14-13(4-1)16-10-18(14)7-3-6-15-8-12-9-19-11-17-12/h1-2,4-5,9-11,15H,3,6-8H2. The Kier molecular flexibility index (Phi) is 3.86. The molecule has 1 aromatic carbocycles. The molecule has 0 aliphatic heterocycles. The van der Waals surface area contributed by atoms with Crippen LogP contribution in [0.2, 0.25) is 0 Å². The third kappa shape index (κ3) is 3.00. The lowest BCUT2D eigenvalue weighted by Gasteiger charge is -2.05. The van der Waals surface area contributed by atoms with Crippen LogP contribution in [0.5, 0.6) is 0 Å². The van der Waals surface area contributed by atoms with Crippen molar-refractivity contribution in [2.75, 3.05) is 6.54 Å². The average Bonchev–Trinajstić information content (AvgIpc) is 3.08. The zero-order valence-electron chi connectivity index (χ0n) is 10.6. The highest BCUT2D eigenvalue weighted by atomic mass is 32.1. The lowest BCUT2D eigenvalue weighted by Crippen LogP contribution is -2.16. The Morgan fingerprint density at radius 2 is 2.16 bits per heavy atom. The van der Waals surface area contributed by atoms with Crippen LogP contribution >= 0.6 is 11.3 Å². The maximum absolute atomic E-state index is 4.39. The predicted molar refractivity (Wildman–Crippen MR) is 78.2 cm³/mol. The molecule has 0 bridgehead atoms. The minimum Gasteiger partial charge on any atom is -0.331 e. The van der Waals surface area contributed by atoms with Gasteiger partial charge >= 0.3 is 0 Å². The zero-order valence-corrected chi connectivity index (χ0v) is 11.4. The van der Waals surface area contributed by atoms with Gasteiger partial charge in [-0.25, -0.2) is 9.97 Å². The second-order valence-corrected chi connectivity index (χ2v) is 5.16. The minimum absolute atomic E-state index is 0.855. The largest absolute Gasteiger partial charge is 0.331 e. The number of hydrogen-bond donors (Lipinski definition) is 1. The van der Waals surface area contributed by atoms with E-state index in [9.17, 15) is 0 Å². The third-order valence-electron chi connectivity index (χ3n) is 3.07. The Morgan fingerprint density at radius 3 is 3.05 bits per heavy atom. The molecule has 0 unspecified atom stereocenters. The lowest BCUT2D eigenvalue weighted by molar-refractivity contribution is 0.585. The first-order valence-corrected chi connectivity index (χ1v) is 7.35. The summed E-state index contributed by atoms with van der Waals surface area (Å²) >= 11 is 1.64. The van der Waals surface area contributed by atoms with E-state index in [2.05, 4.69) is 37.4 Å². The topological polar surface area (TPSA) is 42.7 Å². The number of benzene rings is 1. The molecule has 98 valence electrons. The number of aromatic nitrogens is 3. The molecule has 3 aromatic rings. The number of aryl methyl sites for hydroxylation is 1. The molecule has 5 heteroatoms. The lowest BCUT2D eigenvalue weighted by atomic mass is 10.3. The van der Waals surface area contributed by atoms with Gasteiger partial charge in [-0.2, -0.15) is 0 Å². The first-order valence-electron chi connectivity index (χ1n) is 6.41. The van der Waals surface area contributed by atoms with Crippen molar-refractivity contribution in [1.82, 2.24) is 19.9 Å². The second kappa shape index (κ2) is 5.95. The van der Waals surface area contributed by atoms with Gasteiger partial charge in [-0.05, 0) is 25.1 Å². The first kappa shape index (κ1) is 12.3. The Labute approximate surface area is 116 Å². The Bertz CT molecular complexity index is 630. The van der Waals surface area contributed by atoms with Gasteiger partial charge in [0.15, 0.2) is 0 Å². The van der Waals surface area contributed by atoms with Gasteiger partial charge in [0.1, 0.15) is 0 Å². The van der Waals surface area contributed by atoms with Crippen molar-refractivity contribution in [3.8, 4) is 0 Å². The molecule has 0 saturated heterocycles. The van der Waals surface area contributed by atoms with Crippen LogP contribution in [0.4, 0.5) is 0 Å². The summed E-state index contributed by atoms with van der Waals surface area (Å²) in [6.45, 7) is 2.84. The Hall–Kier alpha value is -1.72. The van der Waals surface area contributed by atoms with E-state index in [1.54, 1.807) is 11.3 Å². The molecule has 0 aliphatic rings. The number of nitrogens with one attached hydrogen (secondary N) is 1. The molecule has 2 heterocycles. The van der Waals surface area contributed by atoms with Gasteiger partial charge in [0.25, 0.3) is 0 Å². The minimum atomic E-state index is 0.855. The van der Waals surface area contributed by atoms with Crippen LogP contribution in [-0.2, 0) is 13.1 Å². The van der Waals surface area contributed by atoms with Gasteiger partial charge in [0.2, 0.25) is 0 Å². The summed E-state index contributed by atoms with van der Waals surface area (Å²) in [5.74, 6) is 0. The molecule has 0 spiro atoms. The van der Waals surface area contributed by atoms with Crippen LogP contribution in [0.3, 0.4) is 0 Å². The van der Waals surface area contributed by atoms with Gasteiger partial charge in [0, 0.05) is 18.5 Å². The number of nitrogens with zero attached hydrogens (tertiary/aromatic N) is 3. The molecule has 0 atom stereocenters. The maximum Gasteiger partial charge on any atom is 0.0958 e. The van der Waals surface area contributed by atoms with Gasteiger partial charge in [-0.15, -0.1) is 11.3 Å². The van der Waals surface area contributed by atoms with E-state index in [0.29, 0.717) is 0 Å². The molecular weight excluding hydrogens is 256 g/mol. The van der Waals surface area contributed by atoms with Gasteiger partial charge in [-0.3, -0.25) is 0 Å². The summed E-state index contributed by atoms with van der Waals surface area (Å²) in [6.07, 6.45) is 3.01. The van der Waals surface area contributed by atoms with Crippen molar-refractivity contribution in [3.05, 3.63) is 47.2 Å². The Balaban J connectivity index is 1.47. The van der Waals surface area contributed by atoms with E-state index in [0.717, 1.165) is 37.3 Å². The maximum atomic E-state index is 4.39. The fourth-order valence-electron chi connectivity index (χ4n) is 2.10. The number of rotatable bonds is 6. The molecule has 0 radical (unpaired) electrons. The van der Waals surface area contributed by atoms with E-state index >= 15 is 0 Å². The molecule has 0 amide bonds. The summed E-state index contributed by atoms with van der Waals surface area (Å²) in [6, 6.07) is 8.24. The smallest absolute Gasteiger partial charge is 0.0958 e. The SMILES string of the molecule is c1ccc2c(c1)ncn2CCCNCc1cscn1. The highest BCUT2D eigenvalue weighted by Gasteiger charge is 2.00. The van der Waals surface area contributed by atoms with Gasteiger partial charge < -0.3 is 9.88 Å². The van der Waals surface area contributed by atoms with Crippen molar-refractivity contribution in [2.24, 2.45) is 0 Å².